The number of nitrogens with zero attached hydrogens (tertiary/aromatic N) is 2. The Balaban J connectivity index is 1.75. The molecule has 1 N–H and O–H groups in total. The van der Waals surface area contributed by atoms with Gasteiger partial charge < -0.3 is 5.32 Å². The van der Waals surface area contributed by atoms with Crippen molar-refractivity contribution in [2.24, 2.45) is 5.92 Å². The van der Waals surface area contributed by atoms with Crippen LogP contribution in [-0.2, 0) is 11.3 Å². The summed E-state index contributed by atoms with van der Waals surface area (Å²) in [5, 5.41) is 7.18. The number of carbonyl (C=O) groups is 1. The van der Waals surface area contributed by atoms with Crippen LogP contribution in [0.25, 0.3) is 11.1 Å². The molecule has 0 bridgehead atoms. The molecule has 5 nitrogen and oxygen atoms in total. The van der Waals surface area contributed by atoms with E-state index < -0.39 is 0 Å². The van der Waals surface area contributed by atoms with Gasteiger partial charge in [-0.25, -0.2) is 4.68 Å². The van der Waals surface area contributed by atoms with Gasteiger partial charge in [0, 0.05) is 17.7 Å². The van der Waals surface area contributed by atoms with Gasteiger partial charge in [-0.15, -0.1) is 0 Å². The molecule has 1 fully saturated rings. The lowest BCUT2D eigenvalue weighted by Crippen LogP contribution is -2.45. The van der Waals surface area contributed by atoms with Crippen LogP contribution in [0.3, 0.4) is 0 Å². The summed E-state index contributed by atoms with van der Waals surface area (Å²) < 4.78 is 1.10. The predicted octanol–water partition coefficient (Wildman–Crippen LogP) is 2.48. The Morgan fingerprint density at radius 2 is 2.04 bits per heavy atom. The van der Waals surface area contributed by atoms with E-state index in [2.05, 4.69) is 17.3 Å². The third-order valence-corrected chi connectivity index (χ3v) is 4.35. The Labute approximate surface area is 139 Å². The number of hydrogen-bond donors (Lipinski definition) is 1. The van der Waals surface area contributed by atoms with E-state index in [1.807, 2.05) is 30.3 Å². The maximum absolute atomic E-state index is 12.2. The third kappa shape index (κ3) is 3.62. The van der Waals surface area contributed by atoms with Crippen LogP contribution in [-0.4, -0.2) is 21.7 Å². The van der Waals surface area contributed by atoms with E-state index in [0.717, 1.165) is 23.1 Å². The Morgan fingerprint density at radius 1 is 1.35 bits per heavy atom. The van der Waals surface area contributed by atoms with Crippen LogP contribution in [0.15, 0.2) is 41.2 Å². The first kappa shape index (κ1) is 15.7. The topological polar surface area (TPSA) is 64.0 Å². The maximum Gasteiger partial charge on any atom is 0.267 e. The number of aromatic nitrogens is 2. The van der Waals surface area contributed by atoms with Crippen molar-refractivity contribution >= 4 is 17.5 Å². The van der Waals surface area contributed by atoms with Crippen LogP contribution < -0.4 is 10.9 Å². The van der Waals surface area contributed by atoms with Gasteiger partial charge in [-0.05, 0) is 24.3 Å². The minimum absolute atomic E-state index is 0.113. The van der Waals surface area contributed by atoms with E-state index in [1.165, 1.54) is 6.07 Å². The van der Waals surface area contributed by atoms with E-state index in [4.69, 9.17) is 11.6 Å². The molecule has 6 heteroatoms. The van der Waals surface area contributed by atoms with Gasteiger partial charge in [-0.1, -0.05) is 48.9 Å². The molecule has 0 atom stereocenters. The fourth-order valence-electron chi connectivity index (χ4n) is 2.83. The molecule has 1 aromatic heterocycles. The van der Waals surface area contributed by atoms with Gasteiger partial charge >= 0.3 is 0 Å². The summed E-state index contributed by atoms with van der Waals surface area (Å²) >= 11 is 6.18. The smallest absolute Gasteiger partial charge is 0.267 e. The minimum atomic E-state index is -0.342. The third-order valence-electron chi connectivity index (χ3n) is 4.07. The summed E-state index contributed by atoms with van der Waals surface area (Å²) in [4.78, 5) is 24.2. The highest BCUT2D eigenvalue weighted by Crippen LogP contribution is 2.26. The Hall–Kier alpha value is -2.14. The molecular formula is C17H18ClN3O2. The van der Waals surface area contributed by atoms with Gasteiger partial charge in [-0.2, -0.15) is 5.10 Å². The monoisotopic (exact) mass is 331 g/mol. The molecule has 0 radical (unpaired) electrons. The molecule has 1 amide bonds. The van der Waals surface area contributed by atoms with Crippen LogP contribution in [0, 0.1) is 5.92 Å². The van der Waals surface area contributed by atoms with Crippen molar-refractivity contribution in [3.8, 4) is 11.1 Å². The van der Waals surface area contributed by atoms with E-state index in [9.17, 15) is 9.59 Å². The predicted molar refractivity (Wildman–Crippen MR) is 89.3 cm³/mol. The first-order valence-corrected chi connectivity index (χ1v) is 8.03. The van der Waals surface area contributed by atoms with E-state index in [-0.39, 0.29) is 29.2 Å². The zero-order chi connectivity index (χ0) is 16.4. The van der Waals surface area contributed by atoms with E-state index in [1.54, 1.807) is 0 Å². The summed E-state index contributed by atoms with van der Waals surface area (Å²) in [6, 6.07) is 11.0. The number of hydrogen-bond acceptors (Lipinski definition) is 3. The van der Waals surface area contributed by atoms with Gasteiger partial charge in [-0.3, -0.25) is 9.59 Å². The second kappa shape index (κ2) is 6.54. The molecule has 1 aromatic carbocycles. The van der Waals surface area contributed by atoms with Crippen LogP contribution in [0.2, 0.25) is 5.15 Å². The fraction of sp³-hybridized carbons (Fsp3) is 0.353. The second-order valence-corrected chi connectivity index (χ2v) is 6.41. The number of benzene rings is 1. The fourth-order valence-corrected chi connectivity index (χ4v) is 3.08. The first-order valence-electron chi connectivity index (χ1n) is 7.65. The number of rotatable bonds is 4. The van der Waals surface area contributed by atoms with Gasteiger partial charge in [0.25, 0.3) is 5.56 Å². The van der Waals surface area contributed by atoms with E-state index >= 15 is 0 Å². The van der Waals surface area contributed by atoms with Gasteiger partial charge in [0.1, 0.15) is 6.54 Å². The molecule has 1 aliphatic rings. The summed E-state index contributed by atoms with van der Waals surface area (Å²) in [5.41, 5.74) is 1.05. The molecule has 1 aliphatic carbocycles. The normalized spacial score (nSPS) is 19.9. The molecular weight excluding hydrogens is 314 g/mol. The van der Waals surface area contributed by atoms with E-state index in [0.29, 0.717) is 11.5 Å². The SMILES string of the molecule is CC1CC(NC(=O)Cn2nc(Cl)c(-c3ccccc3)cc2=O)C1. The molecule has 120 valence electrons. The molecule has 0 aliphatic heterocycles. The molecule has 0 saturated heterocycles. The molecule has 1 saturated carbocycles. The number of nitrogens with one attached hydrogen (secondary N) is 1. The van der Waals surface area contributed by atoms with Gasteiger partial charge in [0.05, 0.1) is 0 Å². The zero-order valence-corrected chi connectivity index (χ0v) is 13.6. The lowest BCUT2D eigenvalue weighted by atomic mass is 9.82. The van der Waals surface area contributed by atoms with Crippen molar-refractivity contribution < 1.29 is 4.79 Å². The summed E-state index contributed by atoms with van der Waals surface area (Å²) in [6.45, 7) is 2.04. The number of amides is 1. The lowest BCUT2D eigenvalue weighted by molar-refractivity contribution is -0.123. The maximum atomic E-state index is 12.2. The number of carbonyl (C=O) groups excluding carboxylic acids is 1. The molecule has 3 rings (SSSR count). The lowest BCUT2D eigenvalue weighted by Gasteiger charge is -2.33. The minimum Gasteiger partial charge on any atom is -0.352 e. The molecule has 2 aromatic rings. The van der Waals surface area contributed by atoms with Crippen LogP contribution >= 0.6 is 11.6 Å². The molecule has 23 heavy (non-hydrogen) atoms. The Kier molecular flexibility index (Phi) is 4.48. The average Bonchev–Trinajstić information content (AvgIpc) is 2.50. The largest absolute Gasteiger partial charge is 0.352 e. The van der Waals surface area contributed by atoms with Gasteiger partial charge in [0.2, 0.25) is 5.91 Å². The van der Waals surface area contributed by atoms with Crippen molar-refractivity contribution in [3.63, 3.8) is 0 Å². The average molecular weight is 332 g/mol. The molecule has 1 heterocycles. The van der Waals surface area contributed by atoms with Crippen molar-refractivity contribution in [1.82, 2.24) is 15.1 Å². The van der Waals surface area contributed by atoms with Crippen molar-refractivity contribution in [1.29, 1.82) is 0 Å². The van der Waals surface area contributed by atoms with Gasteiger partial charge in [0.15, 0.2) is 5.15 Å². The van der Waals surface area contributed by atoms with Crippen molar-refractivity contribution in [2.45, 2.75) is 32.4 Å². The quantitative estimate of drug-likeness (QED) is 0.936. The van der Waals surface area contributed by atoms with Crippen molar-refractivity contribution in [2.75, 3.05) is 0 Å². The number of halogens is 1. The second-order valence-electron chi connectivity index (χ2n) is 6.05. The Morgan fingerprint density at radius 3 is 2.70 bits per heavy atom. The highest BCUT2D eigenvalue weighted by Gasteiger charge is 2.26. The molecule has 0 unspecified atom stereocenters. The first-order chi connectivity index (χ1) is 11.0. The zero-order valence-electron chi connectivity index (χ0n) is 12.8. The highest BCUT2D eigenvalue weighted by atomic mass is 35.5. The highest BCUT2D eigenvalue weighted by molar-refractivity contribution is 6.32. The summed E-state index contributed by atoms with van der Waals surface area (Å²) in [7, 11) is 0. The molecule has 0 spiro atoms. The Bertz CT molecular complexity index is 767. The standard InChI is InChI=1S/C17H18ClN3O2/c1-11-7-13(8-11)19-15(22)10-21-16(23)9-14(17(18)20-21)12-5-3-2-4-6-12/h2-6,9,11,13H,7-8,10H2,1H3,(H,19,22). The summed E-state index contributed by atoms with van der Waals surface area (Å²) in [5.74, 6) is 0.445. The van der Waals surface area contributed by atoms with Crippen LogP contribution in [0.4, 0.5) is 0 Å². The van der Waals surface area contributed by atoms with Crippen LogP contribution in [0.5, 0.6) is 0 Å². The van der Waals surface area contributed by atoms with Crippen molar-refractivity contribution in [3.05, 3.63) is 51.9 Å². The van der Waals surface area contributed by atoms with Crippen LogP contribution in [0.1, 0.15) is 19.8 Å². The summed E-state index contributed by atoms with van der Waals surface area (Å²) in [6.07, 6.45) is 1.98.